The van der Waals surface area contributed by atoms with Gasteiger partial charge < -0.3 is 20.2 Å². The lowest BCUT2D eigenvalue weighted by Gasteiger charge is -2.36. The van der Waals surface area contributed by atoms with Gasteiger partial charge >= 0.3 is 0 Å². The number of ether oxygens (including phenoxy) is 1. The van der Waals surface area contributed by atoms with Gasteiger partial charge in [-0.25, -0.2) is 0 Å². The summed E-state index contributed by atoms with van der Waals surface area (Å²) >= 11 is 0. The van der Waals surface area contributed by atoms with Gasteiger partial charge in [0, 0.05) is 19.8 Å². The summed E-state index contributed by atoms with van der Waals surface area (Å²) in [6, 6.07) is 1.72. The quantitative estimate of drug-likeness (QED) is 0.817. The molecule has 2 heterocycles. The van der Waals surface area contributed by atoms with Gasteiger partial charge in [-0.3, -0.25) is 4.79 Å². The van der Waals surface area contributed by atoms with Crippen LogP contribution in [0.2, 0.25) is 0 Å². The molecule has 17 heavy (non-hydrogen) atoms. The molecule has 0 radical (unpaired) electrons. The van der Waals surface area contributed by atoms with E-state index in [4.69, 9.17) is 14.9 Å². The van der Waals surface area contributed by atoms with Crippen LogP contribution >= 0.6 is 0 Å². The van der Waals surface area contributed by atoms with Crippen molar-refractivity contribution in [3.63, 3.8) is 0 Å². The molecule has 1 aromatic rings. The fourth-order valence-corrected chi connectivity index (χ4v) is 2.02. The smallest absolute Gasteiger partial charge is 0.255 e. The Morgan fingerprint density at radius 3 is 2.76 bits per heavy atom. The zero-order chi connectivity index (χ0) is 12.3. The minimum atomic E-state index is -0.333. The van der Waals surface area contributed by atoms with Crippen LogP contribution in [0.25, 0.3) is 0 Å². The maximum atomic E-state index is 12.0. The molecule has 3 N–H and O–H groups in total. The van der Waals surface area contributed by atoms with Gasteiger partial charge in [0.25, 0.3) is 5.91 Å². The summed E-state index contributed by atoms with van der Waals surface area (Å²) in [5, 5.41) is 3.01. The number of hydrogen-bond donors (Lipinski definition) is 2. The molecular weight excluding hydrogens is 220 g/mol. The number of nitrogens with one attached hydrogen (secondary N) is 1. The number of rotatable bonds is 3. The molecule has 5 heteroatoms. The number of hydrogen-bond acceptors (Lipinski definition) is 4. The fraction of sp³-hybridized carbons (Fsp3) is 0.583. The van der Waals surface area contributed by atoms with Gasteiger partial charge in [0.15, 0.2) is 0 Å². The van der Waals surface area contributed by atoms with E-state index in [0.717, 1.165) is 18.6 Å². The average molecular weight is 238 g/mol. The Balaban J connectivity index is 2.05. The first-order valence-corrected chi connectivity index (χ1v) is 5.81. The Morgan fingerprint density at radius 1 is 1.53 bits per heavy atom. The van der Waals surface area contributed by atoms with Crippen LogP contribution < -0.4 is 11.1 Å². The molecule has 0 atom stereocenters. The van der Waals surface area contributed by atoms with Gasteiger partial charge in [0.2, 0.25) is 0 Å². The molecular formula is C12H18N2O3. The van der Waals surface area contributed by atoms with Gasteiger partial charge in [0.1, 0.15) is 12.0 Å². The average Bonchev–Trinajstić information content (AvgIpc) is 2.77. The number of amides is 1. The van der Waals surface area contributed by atoms with Crippen LogP contribution in [-0.4, -0.2) is 31.2 Å². The van der Waals surface area contributed by atoms with E-state index in [1.54, 1.807) is 6.07 Å². The van der Waals surface area contributed by atoms with Crippen molar-refractivity contribution in [2.75, 3.05) is 19.8 Å². The molecule has 0 bridgehead atoms. The second-order valence-electron chi connectivity index (χ2n) is 4.50. The van der Waals surface area contributed by atoms with Crippen molar-refractivity contribution in [2.45, 2.75) is 25.3 Å². The number of aryl methyl sites for hydroxylation is 1. The molecule has 1 aromatic heterocycles. The van der Waals surface area contributed by atoms with Gasteiger partial charge in [0.05, 0.1) is 11.1 Å². The number of carbonyl (C=O) groups is 1. The van der Waals surface area contributed by atoms with E-state index in [1.165, 1.54) is 6.26 Å². The highest BCUT2D eigenvalue weighted by molar-refractivity contribution is 5.94. The molecule has 5 nitrogen and oxygen atoms in total. The van der Waals surface area contributed by atoms with Crippen molar-refractivity contribution in [3.8, 4) is 0 Å². The van der Waals surface area contributed by atoms with Crippen LogP contribution in [0.1, 0.15) is 29.0 Å². The molecule has 0 spiro atoms. The summed E-state index contributed by atoms with van der Waals surface area (Å²) in [5.41, 5.74) is 5.99. The number of nitrogens with two attached hydrogens (primary N) is 1. The highest BCUT2D eigenvalue weighted by Gasteiger charge is 2.33. The summed E-state index contributed by atoms with van der Waals surface area (Å²) in [7, 11) is 0. The third-order valence-electron chi connectivity index (χ3n) is 3.21. The molecule has 1 aliphatic rings. The normalized spacial score (nSPS) is 18.9. The minimum absolute atomic E-state index is 0.130. The second kappa shape index (κ2) is 4.89. The molecule has 1 saturated heterocycles. The van der Waals surface area contributed by atoms with E-state index in [0.29, 0.717) is 25.3 Å². The van der Waals surface area contributed by atoms with Gasteiger partial charge in [-0.15, -0.1) is 0 Å². The molecule has 0 aliphatic carbocycles. The van der Waals surface area contributed by atoms with Crippen LogP contribution in [0, 0.1) is 6.92 Å². The molecule has 94 valence electrons. The van der Waals surface area contributed by atoms with Crippen LogP contribution in [0.3, 0.4) is 0 Å². The maximum absolute atomic E-state index is 12.0. The van der Waals surface area contributed by atoms with Crippen molar-refractivity contribution in [2.24, 2.45) is 5.73 Å². The van der Waals surface area contributed by atoms with Crippen LogP contribution in [-0.2, 0) is 4.74 Å². The summed E-state index contributed by atoms with van der Waals surface area (Å²) in [6.45, 7) is 3.52. The molecule has 2 rings (SSSR count). The Bertz CT molecular complexity index is 394. The number of carbonyl (C=O) groups excluding carboxylic acids is 1. The van der Waals surface area contributed by atoms with Gasteiger partial charge in [-0.2, -0.15) is 0 Å². The monoisotopic (exact) mass is 238 g/mol. The first kappa shape index (κ1) is 12.1. The third-order valence-corrected chi connectivity index (χ3v) is 3.21. The molecule has 1 amide bonds. The van der Waals surface area contributed by atoms with Crippen molar-refractivity contribution in [1.82, 2.24) is 5.32 Å². The van der Waals surface area contributed by atoms with Crippen LogP contribution in [0.4, 0.5) is 0 Å². The predicted molar refractivity (Wildman–Crippen MR) is 62.7 cm³/mol. The first-order valence-electron chi connectivity index (χ1n) is 5.81. The van der Waals surface area contributed by atoms with Crippen molar-refractivity contribution in [3.05, 3.63) is 23.7 Å². The highest BCUT2D eigenvalue weighted by Crippen LogP contribution is 2.20. The van der Waals surface area contributed by atoms with Crippen molar-refractivity contribution < 1.29 is 13.9 Å². The van der Waals surface area contributed by atoms with Crippen LogP contribution in [0.5, 0.6) is 0 Å². The third kappa shape index (κ3) is 2.68. The summed E-state index contributed by atoms with van der Waals surface area (Å²) in [6.07, 6.45) is 2.98. The van der Waals surface area contributed by atoms with E-state index in [2.05, 4.69) is 5.32 Å². The molecule has 0 aromatic carbocycles. The Labute approximate surface area is 100 Å². The summed E-state index contributed by atoms with van der Waals surface area (Å²) in [5.74, 6) is 0.595. The standard InChI is InChI=1S/C12H18N2O3/c1-9-6-10(7-17-9)11(15)14-12(8-13)2-4-16-5-3-12/h6-7H,2-5,8,13H2,1H3,(H,14,15). The Morgan fingerprint density at radius 2 is 2.24 bits per heavy atom. The Hall–Kier alpha value is -1.33. The zero-order valence-electron chi connectivity index (χ0n) is 9.99. The molecule has 0 unspecified atom stereocenters. The summed E-state index contributed by atoms with van der Waals surface area (Å²) in [4.78, 5) is 12.0. The van der Waals surface area contributed by atoms with E-state index < -0.39 is 0 Å². The van der Waals surface area contributed by atoms with Crippen molar-refractivity contribution in [1.29, 1.82) is 0 Å². The highest BCUT2D eigenvalue weighted by atomic mass is 16.5. The van der Waals surface area contributed by atoms with E-state index in [1.807, 2.05) is 6.92 Å². The fourth-order valence-electron chi connectivity index (χ4n) is 2.02. The number of furan rings is 1. The van der Waals surface area contributed by atoms with E-state index >= 15 is 0 Å². The summed E-state index contributed by atoms with van der Waals surface area (Å²) < 4.78 is 10.4. The van der Waals surface area contributed by atoms with E-state index in [-0.39, 0.29) is 11.4 Å². The maximum Gasteiger partial charge on any atom is 0.255 e. The first-order chi connectivity index (χ1) is 8.15. The Kier molecular flexibility index (Phi) is 3.49. The largest absolute Gasteiger partial charge is 0.469 e. The van der Waals surface area contributed by atoms with Crippen LogP contribution in [0.15, 0.2) is 16.7 Å². The second-order valence-corrected chi connectivity index (χ2v) is 4.50. The van der Waals surface area contributed by atoms with Crippen molar-refractivity contribution >= 4 is 5.91 Å². The lowest BCUT2D eigenvalue weighted by Crippen LogP contribution is -2.56. The zero-order valence-corrected chi connectivity index (χ0v) is 9.99. The molecule has 0 saturated carbocycles. The molecule has 1 fully saturated rings. The lowest BCUT2D eigenvalue weighted by molar-refractivity contribution is 0.0388. The SMILES string of the molecule is Cc1cc(C(=O)NC2(CN)CCOCC2)co1. The van der Waals surface area contributed by atoms with E-state index in [9.17, 15) is 4.79 Å². The van der Waals surface area contributed by atoms with Gasteiger partial charge in [-0.1, -0.05) is 0 Å². The topological polar surface area (TPSA) is 77.5 Å². The predicted octanol–water partition coefficient (Wildman–Crippen LogP) is 0.826. The molecule has 1 aliphatic heterocycles. The minimum Gasteiger partial charge on any atom is -0.469 e. The lowest BCUT2D eigenvalue weighted by atomic mass is 9.90. The van der Waals surface area contributed by atoms with Gasteiger partial charge in [-0.05, 0) is 25.8 Å².